The SMILES string of the molecule is Cc1cc(C(=O)N2CCCCC2C)ccc1NC(=O)c1ccc(C(=O)O)c(C)n1. The van der Waals surface area contributed by atoms with E-state index in [1.807, 2.05) is 11.8 Å². The summed E-state index contributed by atoms with van der Waals surface area (Å²) in [6, 6.07) is 8.21. The van der Waals surface area contributed by atoms with Crippen LogP contribution in [-0.4, -0.2) is 45.4 Å². The van der Waals surface area contributed by atoms with Gasteiger partial charge in [-0.25, -0.2) is 9.78 Å². The molecule has 1 saturated heterocycles. The number of benzene rings is 1. The van der Waals surface area contributed by atoms with Crippen LogP contribution in [0.5, 0.6) is 0 Å². The molecule has 7 heteroatoms. The molecule has 1 aliphatic rings. The number of rotatable bonds is 4. The molecule has 0 radical (unpaired) electrons. The molecule has 1 fully saturated rings. The molecule has 2 heterocycles. The van der Waals surface area contributed by atoms with Gasteiger partial charge in [-0.3, -0.25) is 9.59 Å². The summed E-state index contributed by atoms with van der Waals surface area (Å²) in [7, 11) is 0. The van der Waals surface area contributed by atoms with Gasteiger partial charge in [0.25, 0.3) is 11.8 Å². The van der Waals surface area contributed by atoms with E-state index in [0.717, 1.165) is 31.4 Å². The van der Waals surface area contributed by atoms with Gasteiger partial charge in [-0.15, -0.1) is 0 Å². The van der Waals surface area contributed by atoms with Crippen LogP contribution in [0.25, 0.3) is 0 Å². The number of carbonyl (C=O) groups excluding carboxylic acids is 2. The normalized spacial score (nSPS) is 16.4. The summed E-state index contributed by atoms with van der Waals surface area (Å²) in [6.07, 6.45) is 3.19. The zero-order valence-electron chi connectivity index (χ0n) is 16.9. The van der Waals surface area contributed by atoms with Gasteiger partial charge in [0.2, 0.25) is 0 Å². The second kappa shape index (κ2) is 8.43. The highest BCUT2D eigenvalue weighted by molar-refractivity contribution is 6.04. The van der Waals surface area contributed by atoms with Crippen LogP contribution in [0, 0.1) is 13.8 Å². The Balaban J connectivity index is 1.75. The van der Waals surface area contributed by atoms with Crippen molar-refractivity contribution in [1.82, 2.24) is 9.88 Å². The summed E-state index contributed by atoms with van der Waals surface area (Å²) in [5.74, 6) is -1.50. The molecule has 1 aliphatic heterocycles. The molecule has 1 aromatic carbocycles. The predicted octanol–water partition coefficient (Wildman–Crippen LogP) is 3.66. The Morgan fingerprint density at radius 2 is 1.90 bits per heavy atom. The van der Waals surface area contributed by atoms with Crippen molar-refractivity contribution in [2.75, 3.05) is 11.9 Å². The Kier molecular flexibility index (Phi) is 5.96. The number of carboxylic acid groups (broad SMARTS) is 1. The molecule has 1 unspecified atom stereocenters. The fourth-order valence-corrected chi connectivity index (χ4v) is 3.60. The molecule has 1 aromatic heterocycles. The van der Waals surface area contributed by atoms with Gasteiger partial charge in [0, 0.05) is 23.8 Å². The van der Waals surface area contributed by atoms with Crippen molar-refractivity contribution in [3.63, 3.8) is 0 Å². The number of carbonyl (C=O) groups is 3. The van der Waals surface area contributed by atoms with Gasteiger partial charge >= 0.3 is 5.97 Å². The number of aryl methyl sites for hydroxylation is 2. The van der Waals surface area contributed by atoms with Gasteiger partial charge in [-0.2, -0.15) is 0 Å². The van der Waals surface area contributed by atoms with Crippen LogP contribution in [0.2, 0.25) is 0 Å². The molecule has 0 aliphatic carbocycles. The quantitative estimate of drug-likeness (QED) is 0.823. The van der Waals surface area contributed by atoms with Crippen LogP contribution in [0.3, 0.4) is 0 Å². The molecule has 2 amide bonds. The van der Waals surface area contributed by atoms with Crippen molar-refractivity contribution in [1.29, 1.82) is 0 Å². The molecule has 29 heavy (non-hydrogen) atoms. The molecule has 2 N–H and O–H groups in total. The molecule has 0 bridgehead atoms. The molecule has 152 valence electrons. The summed E-state index contributed by atoms with van der Waals surface area (Å²) in [5, 5.41) is 11.9. The lowest BCUT2D eigenvalue weighted by molar-refractivity contribution is 0.0634. The predicted molar refractivity (Wildman–Crippen MR) is 109 cm³/mol. The Hall–Kier alpha value is -3.22. The molecular formula is C22H25N3O4. The number of hydrogen-bond acceptors (Lipinski definition) is 4. The van der Waals surface area contributed by atoms with E-state index in [4.69, 9.17) is 5.11 Å². The number of aromatic nitrogens is 1. The number of piperidine rings is 1. The largest absolute Gasteiger partial charge is 0.478 e. The number of nitrogens with zero attached hydrogens (tertiary/aromatic N) is 2. The van der Waals surface area contributed by atoms with E-state index in [2.05, 4.69) is 17.2 Å². The first kappa shape index (κ1) is 20.5. The van der Waals surface area contributed by atoms with Crippen molar-refractivity contribution in [3.05, 3.63) is 58.4 Å². The molecule has 0 saturated carbocycles. The number of pyridine rings is 1. The lowest BCUT2D eigenvalue weighted by atomic mass is 10.0. The fraction of sp³-hybridized carbons (Fsp3) is 0.364. The number of carboxylic acids is 1. The number of likely N-dealkylation sites (tertiary alicyclic amines) is 1. The zero-order valence-corrected chi connectivity index (χ0v) is 16.9. The third-order valence-electron chi connectivity index (χ3n) is 5.33. The van der Waals surface area contributed by atoms with Gasteiger partial charge in [0.05, 0.1) is 11.3 Å². The van der Waals surface area contributed by atoms with Crippen molar-refractivity contribution >= 4 is 23.5 Å². The maximum absolute atomic E-state index is 12.8. The van der Waals surface area contributed by atoms with E-state index < -0.39 is 11.9 Å². The van der Waals surface area contributed by atoms with E-state index in [0.29, 0.717) is 11.3 Å². The van der Waals surface area contributed by atoms with Crippen molar-refractivity contribution in [2.24, 2.45) is 0 Å². The average Bonchev–Trinajstić information content (AvgIpc) is 2.69. The second-order valence-corrected chi connectivity index (χ2v) is 7.46. The molecule has 7 nitrogen and oxygen atoms in total. The maximum atomic E-state index is 12.8. The summed E-state index contributed by atoms with van der Waals surface area (Å²) in [5.41, 5.74) is 2.43. The van der Waals surface area contributed by atoms with Crippen molar-refractivity contribution < 1.29 is 19.5 Å². The Bertz CT molecular complexity index is 971. The highest BCUT2D eigenvalue weighted by atomic mass is 16.4. The average molecular weight is 395 g/mol. The van der Waals surface area contributed by atoms with Gasteiger partial charge < -0.3 is 15.3 Å². The minimum atomic E-state index is -1.08. The Labute approximate surface area is 169 Å². The van der Waals surface area contributed by atoms with Crippen molar-refractivity contribution in [3.8, 4) is 0 Å². The lowest BCUT2D eigenvalue weighted by Crippen LogP contribution is -2.42. The van der Waals surface area contributed by atoms with E-state index in [1.54, 1.807) is 25.1 Å². The minimum absolute atomic E-state index is 0.0136. The number of aromatic carboxylic acids is 1. The second-order valence-electron chi connectivity index (χ2n) is 7.46. The zero-order chi connectivity index (χ0) is 21.1. The van der Waals surface area contributed by atoms with Gasteiger partial charge in [0.15, 0.2) is 0 Å². The summed E-state index contributed by atoms with van der Waals surface area (Å²) < 4.78 is 0. The Morgan fingerprint density at radius 1 is 1.14 bits per heavy atom. The van der Waals surface area contributed by atoms with Crippen LogP contribution in [0.4, 0.5) is 5.69 Å². The third-order valence-corrected chi connectivity index (χ3v) is 5.33. The number of amides is 2. The molecule has 2 aromatic rings. The van der Waals surface area contributed by atoms with Crippen LogP contribution < -0.4 is 5.32 Å². The van der Waals surface area contributed by atoms with E-state index in [9.17, 15) is 14.4 Å². The van der Waals surface area contributed by atoms with Crippen LogP contribution in [-0.2, 0) is 0 Å². The molecule has 0 spiro atoms. The van der Waals surface area contributed by atoms with Crippen LogP contribution in [0.1, 0.15) is 68.6 Å². The minimum Gasteiger partial charge on any atom is -0.478 e. The first-order valence-corrected chi connectivity index (χ1v) is 9.72. The van der Waals surface area contributed by atoms with Gasteiger partial charge in [0.1, 0.15) is 5.69 Å². The number of anilines is 1. The summed E-state index contributed by atoms with van der Waals surface area (Å²) in [6.45, 7) is 6.23. The fourth-order valence-electron chi connectivity index (χ4n) is 3.60. The molecular weight excluding hydrogens is 370 g/mol. The summed E-state index contributed by atoms with van der Waals surface area (Å²) >= 11 is 0. The van der Waals surface area contributed by atoms with E-state index in [1.165, 1.54) is 12.1 Å². The maximum Gasteiger partial charge on any atom is 0.337 e. The smallest absolute Gasteiger partial charge is 0.337 e. The number of nitrogens with one attached hydrogen (secondary N) is 1. The lowest BCUT2D eigenvalue weighted by Gasteiger charge is -2.33. The van der Waals surface area contributed by atoms with E-state index >= 15 is 0 Å². The third kappa shape index (κ3) is 4.45. The van der Waals surface area contributed by atoms with E-state index in [-0.39, 0.29) is 28.9 Å². The van der Waals surface area contributed by atoms with Crippen molar-refractivity contribution in [2.45, 2.75) is 46.1 Å². The van der Waals surface area contributed by atoms with Crippen LogP contribution in [0.15, 0.2) is 30.3 Å². The molecule has 3 rings (SSSR count). The highest BCUT2D eigenvalue weighted by Crippen LogP contribution is 2.22. The monoisotopic (exact) mass is 395 g/mol. The standard InChI is InChI=1S/C22H25N3O4/c1-13-12-16(21(27)25-11-5-4-6-14(25)2)7-9-18(13)24-20(26)19-10-8-17(22(28)29)15(3)23-19/h7-10,12,14H,4-6,11H2,1-3H3,(H,24,26)(H,28,29). The molecule has 1 atom stereocenters. The number of hydrogen-bond donors (Lipinski definition) is 2. The summed E-state index contributed by atoms with van der Waals surface area (Å²) in [4.78, 5) is 42.4. The van der Waals surface area contributed by atoms with Gasteiger partial charge in [-0.1, -0.05) is 0 Å². The topological polar surface area (TPSA) is 99.6 Å². The van der Waals surface area contributed by atoms with Crippen LogP contribution >= 0.6 is 0 Å². The Morgan fingerprint density at radius 3 is 2.52 bits per heavy atom. The highest BCUT2D eigenvalue weighted by Gasteiger charge is 2.24. The first-order valence-electron chi connectivity index (χ1n) is 9.72. The first-order chi connectivity index (χ1) is 13.8. The van der Waals surface area contributed by atoms with Gasteiger partial charge in [-0.05, 0) is 75.9 Å².